The Morgan fingerprint density at radius 1 is 1.75 bits per heavy atom. The summed E-state index contributed by atoms with van der Waals surface area (Å²) >= 11 is 0. The van der Waals surface area contributed by atoms with Crippen molar-refractivity contribution in [3.8, 4) is 0 Å². The van der Waals surface area contributed by atoms with Gasteiger partial charge in [-0.1, -0.05) is 6.58 Å². The summed E-state index contributed by atoms with van der Waals surface area (Å²) in [5, 5.41) is 0. The first-order valence-electron chi connectivity index (χ1n) is 2.30. The fourth-order valence-corrected chi connectivity index (χ4v) is 0.216. The maximum absolute atomic E-state index is 10.4. The SMILES string of the molecule is [CH2]COC(=O)C(=C)C. The van der Waals surface area contributed by atoms with Gasteiger partial charge >= 0.3 is 5.97 Å². The van der Waals surface area contributed by atoms with Gasteiger partial charge in [0.25, 0.3) is 0 Å². The van der Waals surface area contributed by atoms with Crippen molar-refractivity contribution in [2.45, 2.75) is 6.92 Å². The van der Waals surface area contributed by atoms with Crippen LogP contribution in [0.25, 0.3) is 0 Å². The van der Waals surface area contributed by atoms with E-state index in [9.17, 15) is 4.79 Å². The minimum Gasteiger partial charge on any atom is -0.462 e. The van der Waals surface area contributed by atoms with Crippen molar-refractivity contribution in [1.29, 1.82) is 0 Å². The molecule has 0 N–H and O–H groups in total. The molecule has 0 saturated carbocycles. The van der Waals surface area contributed by atoms with Crippen LogP contribution in [-0.4, -0.2) is 12.6 Å². The van der Waals surface area contributed by atoms with Crippen LogP contribution in [0.1, 0.15) is 6.92 Å². The van der Waals surface area contributed by atoms with Gasteiger partial charge in [0.15, 0.2) is 0 Å². The Labute approximate surface area is 49.1 Å². The van der Waals surface area contributed by atoms with Crippen LogP contribution in [0, 0.1) is 6.92 Å². The molecule has 2 nitrogen and oxygen atoms in total. The van der Waals surface area contributed by atoms with Crippen LogP contribution in [0.5, 0.6) is 0 Å². The molecule has 0 fully saturated rings. The molecule has 0 aromatic carbocycles. The second-order valence-electron chi connectivity index (χ2n) is 1.42. The van der Waals surface area contributed by atoms with Crippen molar-refractivity contribution in [2.24, 2.45) is 0 Å². The predicted octanol–water partition coefficient (Wildman–Crippen LogP) is 0.940. The van der Waals surface area contributed by atoms with Crippen LogP contribution in [0.4, 0.5) is 0 Å². The van der Waals surface area contributed by atoms with E-state index in [1.807, 2.05) is 0 Å². The molecule has 0 aliphatic rings. The van der Waals surface area contributed by atoms with Crippen molar-refractivity contribution >= 4 is 5.97 Å². The molecule has 0 amide bonds. The van der Waals surface area contributed by atoms with E-state index in [-0.39, 0.29) is 12.6 Å². The zero-order valence-corrected chi connectivity index (χ0v) is 4.94. The lowest BCUT2D eigenvalue weighted by atomic mass is 10.4. The Morgan fingerprint density at radius 3 is 2.38 bits per heavy atom. The molecule has 2 heteroatoms. The number of carbonyl (C=O) groups is 1. The van der Waals surface area contributed by atoms with Crippen molar-refractivity contribution < 1.29 is 9.53 Å². The summed E-state index contributed by atoms with van der Waals surface area (Å²) in [6, 6.07) is 0. The highest BCUT2D eigenvalue weighted by Crippen LogP contribution is 1.89. The Hall–Kier alpha value is -0.790. The molecular formula is C6H9O2. The van der Waals surface area contributed by atoms with Crippen LogP contribution in [0.2, 0.25) is 0 Å². The van der Waals surface area contributed by atoms with Gasteiger partial charge in [0.1, 0.15) is 0 Å². The van der Waals surface area contributed by atoms with E-state index < -0.39 is 0 Å². The van der Waals surface area contributed by atoms with Gasteiger partial charge in [-0.25, -0.2) is 4.79 Å². The molecule has 0 atom stereocenters. The maximum atomic E-state index is 10.4. The lowest BCUT2D eigenvalue weighted by molar-refractivity contribution is -0.137. The van der Waals surface area contributed by atoms with Gasteiger partial charge in [-0.05, 0) is 13.8 Å². The van der Waals surface area contributed by atoms with Gasteiger partial charge in [0.2, 0.25) is 0 Å². The van der Waals surface area contributed by atoms with E-state index in [0.29, 0.717) is 5.57 Å². The minimum atomic E-state index is -0.375. The van der Waals surface area contributed by atoms with Gasteiger partial charge in [0, 0.05) is 5.57 Å². The quantitative estimate of drug-likeness (QED) is 0.393. The molecule has 0 saturated heterocycles. The summed E-state index contributed by atoms with van der Waals surface area (Å²) in [5.41, 5.74) is 0.411. The fourth-order valence-electron chi connectivity index (χ4n) is 0.216. The number of rotatable bonds is 2. The molecule has 0 bridgehead atoms. The highest BCUT2D eigenvalue weighted by atomic mass is 16.5. The predicted molar refractivity (Wildman–Crippen MR) is 31.1 cm³/mol. The van der Waals surface area contributed by atoms with E-state index >= 15 is 0 Å². The van der Waals surface area contributed by atoms with Crippen LogP contribution in [-0.2, 0) is 9.53 Å². The van der Waals surface area contributed by atoms with Crippen LogP contribution in [0.15, 0.2) is 12.2 Å². The van der Waals surface area contributed by atoms with E-state index in [1.165, 1.54) is 0 Å². The maximum Gasteiger partial charge on any atom is 0.333 e. The highest BCUT2D eigenvalue weighted by Gasteiger charge is 1.98. The molecule has 0 aliphatic carbocycles. The third-order valence-corrected chi connectivity index (χ3v) is 0.582. The topological polar surface area (TPSA) is 26.3 Å². The summed E-state index contributed by atoms with van der Waals surface area (Å²) < 4.78 is 4.45. The van der Waals surface area contributed by atoms with Crippen LogP contribution in [0.3, 0.4) is 0 Å². The molecule has 0 aliphatic heterocycles. The summed E-state index contributed by atoms with van der Waals surface area (Å²) in [5.74, 6) is -0.375. The second kappa shape index (κ2) is 3.24. The molecule has 0 aromatic heterocycles. The number of esters is 1. The summed E-state index contributed by atoms with van der Waals surface area (Å²) in [7, 11) is 0. The number of ether oxygens (including phenoxy) is 1. The smallest absolute Gasteiger partial charge is 0.333 e. The molecule has 45 valence electrons. The first-order chi connectivity index (χ1) is 3.68. The number of carbonyl (C=O) groups excluding carboxylic acids is 1. The molecule has 0 unspecified atom stereocenters. The van der Waals surface area contributed by atoms with Crippen molar-refractivity contribution in [2.75, 3.05) is 6.61 Å². The minimum absolute atomic E-state index is 0.172. The summed E-state index contributed by atoms with van der Waals surface area (Å²) in [6.07, 6.45) is 0. The average molecular weight is 113 g/mol. The highest BCUT2D eigenvalue weighted by molar-refractivity contribution is 5.86. The summed E-state index contributed by atoms with van der Waals surface area (Å²) in [6.45, 7) is 8.46. The third-order valence-electron chi connectivity index (χ3n) is 0.582. The van der Waals surface area contributed by atoms with E-state index in [0.717, 1.165) is 0 Å². The molecule has 8 heavy (non-hydrogen) atoms. The molecule has 0 rings (SSSR count). The van der Waals surface area contributed by atoms with Gasteiger partial charge in [-0.2, -0.15) is 0 Å². The standard InChI is InChI=1S/C6H9O2/c1-4-8-6(7)5(2)3/h1-2,4H2,3H3. The summed E-state index contributed by atoms with van der Waals surface area (Å²) in [4.78, 5) is 10.4. The largest absolute Gasteiger partial charge is 0.462 e. The van der Waals surface area contributed by atoms with Gasteiger partial charge in [-0.3, -0.25) is 0 Å². The van der Waals surface area contributed by atoms with E-state index in [2.05, 4.69) is 18.2 Å². The monoisotopic (exact) mass is 113 g/mol. The van der Waals surface area contributed by atoms with Gasteiger partial charge in [0.05, 0.1) is 6.61 Å². The number of hydrogen-bond acceptors (Lipinski definition) is 2. The Balaban J connectivity index is 3.49. The zero-order valence-electron chi connectivity index (χ0n) is 4.94. The van der Waals surface area contributed by atoms with E-state index in [4.69, 9.17) is 0 Å². The molecule has 0 aromatic rings. The first-order valence-corrected chi connectivity index (χ1v) is 2.30. The normalized spacial score (nSPS) is 8.25. The molecular weight excluding hydrogens is 104 g/mol. The molecule has 1 radical (unpaired) electrons. The first kappa shape index (κ1) is 7.21. The fraction of sp³-hybridized carbons (Fsp3) is 0.333. The Bertz CT molecular complexity index is 105. The van der Waals surface area contributed by atoms with E-state index in [1.54, 1.807) is 6.92 Å². The van der Waals surface area contributed by atoms with Gasteiger partial charge in [-0.15, -0.1) is 0 Å². The second-order valence-corrected chi connectivity index (χ2v) is 1.42. The van der Waals surface area contributed by atoms with Crippen LogP contribution >= 0.6 is 0 Å². The molecule has 0 spiro atoms. The average Bonchev–Trinajstić information content (AvgIpc) is 1.67. The van der Waals surface area contributed by atoms with Crippen molar-refractivity contribution in [3.05, 3.63) is 19.1 Å². The Kier molecular flexibility index (Phi) is 2.92. The molecule has 0 heterocycles. The van der Waals surface area contributed by atoms with Crippen LogP contribution < -0.4 is 0 Å². The van der Waals surface area contributed by atoms with Gasteiger partial charge < -0.3 is 4.74 Å². The Morgan fingerprint density at radius 2 is 2.25 bits per heavy atom. The third kappa shape index (κ3) is 2.39. The zero-order chi connectivity index (χ0) is 6.57. The number of hydrogen-bond donors (Lipinski definition) is 0. The lowest BCUT2D eigenvalue weighted by Gasteiger charge is -1.96. The van der Waals surface area contributed by atoms with Crippen molar-refractivity contribution in [3.63, 3.8) is 0 Å². The van der Waals surface area contributed by atoms with Crippen molar-refractivity contribution in [1.82, 2.24) is 0 Å². The lowest BCUT2D eigenvalue weighted by Crippen LogP contribution is -2.03.